The summed E-state index contributed by atoms with van der Waals surface area (Å²) < 4.78 is 5.33. The zero-order chi connectivity index (χ0) is 16.8. The van der Waals surface area contributed by atoms with E-state index in [1.165, 1.54) is 6.26 Å². The van der Waals surface area contributed by atoms with Gasteiger partial charge in [-0.15, -0.1) is 0 Å². The van der Waals surface area contributed by atoms with Gasteiger partial charge in [-0.3, -0.25) is 9.59 Å². The monoisotopic (exact) mass is 315 g/mol. The predicted molar refractivity (Wildman–Crippen MR) is 87.6 cm³/mol. The Balaban J connectivity index is 2.01. The van der Waals surface area contributed by atoms with Gasteiger partial charge in [0.2, 0.25) is 0 Å². The number of carbonyl (C=O) groups is 2. The highest BCUT2D eigenvalue weighted by Crippen LogP contribution is 2.17. The standard InChI is InChI=1S/C18H21NO4/c1-3-4-16-15(9-10-23-16)17(20)19-14-7-5-13(6-8-14)11-12(2)18(21)22/h5-10,12H,3-4,11H2,1-2H3,(H,19,20)(H,21,22). The van der Waals surface area contributed by atoms with Gasteiger partial charge in [-0.05, 0) is 36.6 Å². The number of aryl methyl sites for hydroxylation is 1. The number of carboxylic acids is 1. The van der Waals surface area contributed by atoms with E-state index in [0.717, 1.165) is 18.4 Å². The van der Waals surface area contributed by atoms with Gasteiger partial charge < -0.3 is 14.8 Å². The SMILES string of the molecule is CCCc1occc1C(=O)Nc1ccc(CC(C)C(=O)O)cc1. The lowest BCUT2D eigenvalue weighted by Crippen LogP contribution is -2.14. The van der Waals surface area contributed by atoms with Crippen LogP contribution < -0.4 is 5.32 Å². The van der Waals surface area contributed by atoms with Crippen molar-refractivity contribution in [1.82, 2.24) is 0 Å². The van der Waals surface area contributed by atoms with Crippen molar-refractivity contribution in [3.63, 3.8) is 0 Å². The molecular formula is C18H21NO4. The van der Waals surface area contributed by atoms with Gasteiger partial charge in [0.05, 0.1) is 17.7 Å². The van der Waals surface area contributed by atoms with Crippen LogP contribution in [0.3, 0.4) is 0 Å². The number of benzene rings is 1. The van der Waals surface area contributed by atoms with E-state index in [1.54, 1.807) is 25.1 Å². The first kappa shape index (κ1) is 16.8. The molecule has 0 aliphatic heterocycles. The number of nitrogens with one attached hydrogen (secondary N) is 1. The molecule has 1 unspecified atom stereocenters. The van der Waals surface area contributed by atoms with Crippen molar-refractivity contribution in [2.75, 3.05) is 5.32 Å². The van der Waals surface area contributed by atoms with Crippen molar-refractivity contribution in [3.05, 3.63) is 53.5 Å². The third-order valence-electron chi connectivity index (χ3n) is 3.64. The van der Waals surface area contributed by atoms with Gasteiger partial charge in [-0.1, -0.05) is 26.0 Å². The van der Waals surface area contributed by atoms with Crippen LogP contribution in [0.5, 0.6) is 0 Å². The summed E-state index contributed by atoms with van der Waals surface area (Å²) in [6, 6.07) is 8.89. The van der Waals surface area contributed by atoms with E-state index in [0.29, 0.717) is 23.4 Å². The first-order chi connectivity index (χ1) is 11.0. The lowest BCUT2D eigenvalue weighted by Gasteiger charge is -2.08. The van der Waals surface area contributed by atoms with Gasteiger partial charge in [-0.25, -0.2) is 0 Å². The van der Waals surface area contributed by atoms with Gasteiger partial charge in [0.1, 0.15) is 5.76 Å². The largest absolute Gasteiger partial charge is 0.481 e. The minimum absolute atomic E-state index is 0.200. The summed E-state index contributed by atoms with van der Waals surface area (Å²) in [5.74, 6) is -0.755. The summed E-state index contributed by atoms with van der Waals surface area (Å²) in [7, 11) is 0. The number of hydrogen-bond donors (Lipinski definition) is 2. The fourth-order valence-electron chi connectivity index (χ4n) is 2.33. The normalized spacial score (nSPS) is 11.9. The Hall–Kier alpha value is -2.56. The number of amides is 1. The molecule has 122 valence electrons. The quantitative estimate of drug-likeness (QED) is 0.815. The molecule has 0 radical (unpaired) electrons. The van der Waals surface area contributed by atoms with Gasteiger partial charge in [-0.2, -0.15) is 0 Å². The fourth-order valence-corrected chi connectivity index (χ4v) is 2.33. The van der Waals surface area contributed by atoms with E-state index >= 15 is 0 Å². The Kier molecular flexibility index (Phi) is 5.57. The summed E-state index contributed by atoms with van der Waals surface area (Å²) in [5, 5.41) is 11.8. The summed E-state index contributed by atoms with van der Waals surface area (Å²) in [5.41, 5.74) is 2.15. The maximum atomic E-state index is 12.3. The highest BCUT2D eigenvalue weighted by molar-refractivity contribution is 6.04. The summed E-state index contributed by atoms with van der Waals surface area (Å²) in [6.45, 7) is 3.70. The molecule has 2 aromatic rings. The van der Waals surface area contributed by atoms with Crippen LogP contribution in [0.1, 0.15) is 41.9 Å². The lowest BCUT2D eigenvalue weighted by atomic mass is 10.0. The molecule has 1 aromatic heterocycles. The molecule has 0 aliphatic rings. The minimum atomic E-state index is -0.814. The van der Waals surface area contributed by atoms with E-state index in [4.69, 9.17) is 9.52 Å². The summed E-state index contributed by atoms with van der Waals surface area (Å²) in [6.07, 6.45) is 3.62. The number of hydrogen-bond acceptors (Lipinski definition) is 3. The van der Waals surface area contributed by atoms with Crippen LogP contribution in [0.15, 0.2) is 41.0 Å². The number of carboxylic acid groups (broad SMARTS) is 1. The predicted octanol–water partition coefficient (Wildman–Crippen LogP) is 3.75. The van der Waals surface area contributed by atoms with Crippen molar-refractivity contribution in [3.8, 4) is 0 Å². The average Bonchev–Trinajstić information content (AvgIpc) is 2.98. The van der Waals surface area contributed by atoms with Crippen LogP contribution >= 0.6 is 0 Å². The molecule has 0 saturated heterocycles. The molecule has 0 aliphatic carbocycles. The zero-order valence-corrected chi connectivity index (χ0v) is 13.3. The molecule has 1 amide bonds. The highest BCUT2D eigenvalue weighted by atomic mass is 16.4. The first-order valence-electron chi connectivity index (χ1n) is 7.70. The van der Waals surface area contributed by atoms with Crippen LogP contribution in [0, 0.1) is 5.92 Å². The van der Waals surface area contributed by atoms with Gasteiger partial charge in [0.15, 0.2) is 0 Å². The fraction of sp³-hybridized carbons (Fsp3) is 0.333. The number of anilines is 1. The molecular weight excluding hydrogens is 294 g/mol. The van der Waals surface area contributed by atoms with Crippen molar-refractivity contribution in [1.29, 1.82) is 0 Å². The minimum Gasteiger partial charge on any atom is -0.481 e. The molecule has 5 heteroatoms. The van der Waals surface area contributed by atoms with Gasteiger partial charge in [0, 0.05) is 12.1 Å². The van der Waals surface area contributed by atoms with Crippen LogP contribution in [0.4, 0.5) is 5.69 Å². The molecule has 2 N–H and O–H groups in total. The van der Waals surface area contributed by atoms with E-state index < -0.39 is 11.9 Å². The maximum absolute atomic E-state index is 12.3. The molecule has 0 saturated carbocycles. The molecule has 0 bridgehead atoms. The number of rotatable bonds is 7. The average molecular weight is 315 g/mol. The van der Waals surface area contributed by atoms with E-state index in [9.17, 15) is 9.59 Å². The summed E-state index contributed by atoms with van der Waals surface area (Å²) in [4.78, 5) is 23.1. The second-order valence-electron chi connectivity index (χ2n) is 5.60. The second kappa shape index (κ2) is 7.63. The van der Waals surface area contributed by atoms with E-state index in [1.807, 2.05) is 19.1 Å². The topological polar surface area (TPSA) is 79.5 Å². The van der Waals surface area contributed by atoms with Crippen LogP contribution in [-0.4, -0.2) is 17.0 Å². The molecule has 0 fully saturated rings. The first-order valence-corrected chi connectivity index (χ1v) is 7.70. The third kappa shape index (κ3) is 4.45. The Morgan fingerprint density at radius 1 is 1.22 bits per heavy atom. The van der Waals surface area contributed by atoms with Crippen LogP contribution in [-0.2, 0) is 17.6 Å². The highest BCUT2D eigenvalue weighted by Gasteiger charge is 2.15. The molecule has 2 rings (SSSR count). The van der Waals surface area contributed by atoms with Gasteiger partial charge >= 0.3 is 5.97 Å². The van der Waals surface area contributed by atoms with Crippen molar-refractivity contribution < 1.29 is 19.1 Å². The maximum Gasteiger partial charge on any atom is 0.306 e. The molecule has 5 nitrogen and oxygen atoms in total. The number of carbonyl (C=O) groups excluding carboxylic acids is 1. The second-order valence-corrected chi connectivity index (χ2v) is 5.60. The number of aliphatic carboxylic acids is 1. The molecule has 1 aromatic carbocycles. The Bertz CT molecular complexity index is 673. The third-order valence-corrected chi connectivity index (χ3v) is 3.64. The Labute approximate surface area is 135 Å². The van der Waals surface area contributed by atoms with Crippen LogP contribution in [0.25, 0.3) is 0 Å². The van der Waals surface area contributed by atoms with Crippen molar-refractivity contribution in [2.45, 2.75) is 33.1 Å². The zero-order valence-electron chi connectivity index (χ0n) is 13.3. The van der Waals surface area contributed by atoms with Crippen molar-refractivity contribution in [2.24, 2.45) is 5.92 Å². The van der Waals surface area contributed by atoms with Crippen molar-refractivity contribution >= 4 is 17.6 Å². The van der Waals surface area contributed by atoms with Crippen LogP contribution in [0.2, 0.25) is 0 Å². The number of furan rings is 1. The molecule has 23 heavy (non-hydrogen) atoms. The Morgan fingerprint density at radius 2 is 1.91 bits per heavy atom. The molecule has 0 spiro atoms. The Morgan fingerprint density at radius 3 is 2.52 bits per heavy atom. The van der Waals surface area contributed by atoms with Gasteiger partial charge in [0.25, 0.3) is 5.91 Å². The van der Waals surface area contributed by atoms with E-state index in [2.05, 4.69) is 5.32 Å². The molecule has 1 heterocycles. The molecule has 1 atom stereocenters. The lowest BCUT2D eigenvalue weighted by molar-refractivity contribution is -0.141. The van der Waals surface area contributed by atoms with E-state index in [-0.39, 0.29) is 5.91 Å². The summed E-state index contributed by atoms with van der Waals surface area (Å²) >= 11 is 0. The smallest absolute Gasteiger partial charge is 0.306 e.